The van der Waals surface area contributed by atoms with E-state index in [4.69, 9.17) is 4.74 Å². The van der Waals surface area contributed by atoms with Crippen molar-refractivity contribution in [1.29, 1.82) is 0 Å². The number of halogens is 2. The van der Waals surface area contributed by atoms with Crippen molar-refractivity contribution in [2.75, 3.05) is 36.5 Å². The Bertz CT molecular complexity index is 1450. The quantitative estimate of drug-likeness (QED) is 0.460. The summed E-state index contributed by atoms with van der Waals surface area (Å²) in [5.74, 6) is -2.18. The molecule has 0 unspecified atom stereocenters. The number of rotatable bonds is 4. The summed E-state index contributed by atoms with van der Waals surface area (Å²) < 4.78 is 38.0. The van der Waals surface area contributed by atoms with Crippen LogP contribution in [0.25, 0.3) is 16.8 Å². The normalized spacial score (nSPS) is 14.4. The van der Waals surface area contributed by atoms with E-state index < -0.39 is 23.2 Å². The summed E-state index contributed by atoms with van der Waals surface area (Å²) in [7, 11) is 0. The van der Waals surface area contributed by atoms with E-state index in [1.165, 1.54) is 12.4 Å². The van der Waals surface area contributed by atoms with E-state index >= 15 is 0 Å². The fourth-order valence-electron chi connectivity index (χ4n) is 4.32. The van der Waals surface area contributed by atoms with Gasteiger partial charge in [0.05, 0.1) is 36.3 Å². The van der Waals surface area contributed by atoms with Gasteiger partial charge < -0.3 is 15.0 Å². The summed E-state index contributed by atoms with van der Waals surface area (Å²) in [4.78, 5) is 19.4. The van der Waals surface area contributed by atoms with Gasteiger partial charge in [0.2, 0.25) is 5.95 Å². The highest BCUT2D eigenvalue weighted by molar-refractivity contribution is 6.04. The fourth-order valence-corrected chi connectivity index (χ4v) is 4.32. The molecule has 5 rings (SSSR count). The van der Waals surface area contributed by atoms with E-state index in [1.54, 1.807) is 38.3 Å². The average molecular weight is 496 g/mol. The number of ether oxygens (including phenoxy) is 1. The molecule has 1 fully saturated rings. The molecular weight excluding hydrogens is 468 g/mol. The number of aromatic nitrogens is 5. The van der Waals surface area contributed by atoms with Crippen LogP contribution in [0.4, 0.5) is 20.2 Å². The molecule has 3 aromatic heterocycles. The molecule has 1 amide bonds. The summed E-state index contributed by atoms with van der Waals surface area (Å²) in [5, 5.41) is 10.8. The molecule has 0 aliphatic carbocycles. The zero-order chi connectivity index (χ0) is 25.6. The number of amides is 1. The van der Waals surface area contributed by atoms with Gasteiger partial charge in [-0.15, -0.1) is 0 Å². The van der Waals surface area contributed by atoms with Gasteiger partial charge >= 0.3 is 0 Å². The molecule has 1 N–H and O–H groups in total. The van der Waals surface area contributed by atoms with E-state index in [0.717, 1.165) is 22.1 Å². The lowest BCUT2D eigenvalue weighted by molar-refractivity contribution is 0.102. The Labute approximate surface area is 206 Å². The zero-order valence-electron chi connectivity index (χ0n) is 20.5. The topological polar surface area (TPSA) is 89.6 Å². The van der Waals surface area contributed by atoms with Gasteiger partial charge in [-0.1, -0.05) is 0 Å². The molecule has 0 bridgehead atoms. The molecule has 1 aliphatic heterocycles. The number of aryl methyl sites for hydroxylation is 1. The lowest BCUT2D eigenvalue weighted by Crippen LogP contribution is -2.36. The monoisotopic (exact) mass is 495 g/mol. The minimum atomic E-state index is -0.780. The van der Waals surface area contributed by atoms with E-state index in [2.05, 4.69) is 25.4 Å². The van der Waals surface area contributed by atoms with Gasteiger partial charge in [0.1, 0.15) is 17.7 Å². The van der Waals surface area contributed by atoms with Crippen LogP contribution in [0, 0.1) is 18.7 Å². The third kappa shape index (κ3) is 4.30. The average Bonchev–Trinajstić information content (AvgIpc) is 3.47. The Morgan fingerprint density at radius 2 is 1.86 bits per heavy atom. The van der Waals surface area contributed by atoms with Crippen LogP contribution < -0.4 is 10.2 Å². The summed E-state index contributed by atoms with van der Waals surface area (Å²) in [6, 6.07) is 4.88. The molecule has 11 heteroatoms. The highest BCUT2D eigenvalue weighted by atomic mass is 19.1. The Balaban J connectivity index is 1.52. The minimum absolute atomic E-state index is 0.0601. The first-order chi connectivity index (χ1) is 17.1. The molecule has 0 radical (unpaired) electrons. The second-order valence-corrected chi connectivity index (χ2v) is 9.77. The van der Waals surface area contributed by atoms with Crippen LogP contribution in [0.5, 0.6) is 0 Å². The first-order valence-electron chi connectivity index (χ1n) is 11.7. The van der Waals surface area contributed by atoms with Crippen LogP contribution in [-0.2, 0) is 10.3 Å². The van der Waals surface area contributed by atoms with Gasteiger partial charge in [0, 0.05) is 24.8 Å². The number of hydrogen-bond acceptors (Lipinski definition) is 6. The van der Waals surface area contributed by atoms with E-state index in [-0.39, 0.29) is 11.3 Å². The minimum Gasteiger partial charge on any atom is -0.378 e. The number of pyridine rings is 1. The van der Waals surface area contributed by atoms with Crippen molar-refractivity contribution in [2.24, 2.45) is 0 Å². The molecule has 9 nitrogen and oxygen atoms in total. The van der Waals surface area contributed by atoms with Gasteiger partial charge in [-0.05, 0) is 57.0 Å². The van der Waals surface area contributed by atoms with Crippen LogP contribution >= 0.6 is 0 Å². The predicted octanol–water partition coefficient (Wildman–Crippen LogP) is 4.02. The number of carbonyl (C=O) groups is 1. The van der Waals surface area contributed by atoms with E-state index in [9.17, 15) is 13.6 Å². The lowest BCUT2D eigenvalue weighted by atomic mass is 10.00. The number of benzene rings is 1. The van der Waals surface area contributed by atoms with Crippen LogP contribution in [0.1, 0.15) is 36.7 Å². The van der Waals surface area contributed by atoms with Crippen LogP contribution in [-0.4, -0.2) is 56.6 Å². The number of morpholine rings is 1. The standard InChI is InChI=1S/C25H27F2N7O2/c1-15-9-19(26)20(31-24(35)18-12-29-34(22(18)27)25(2,3)4)11-17(15)16-10-21(32-5-7-36-8-6-32)23-28-14-30-33(23)13-16/h9-14H,5-8H2,1-4H3,(H,31,35). The molecule has 1 aromatic carbocycles. The predicted molar refractivity (Wildman–Crippen MR) is 131 cm³/mol. The van der Waals surface area contributed by atoms with Crippen LogP contribution in [0.2, 0.25) is 0 Å². The Hall–Kier alpha value is -3.86. The van der Waals surface area contributed by atoms with Gasteiger partial charge in [-0.3, -0.25) is 4.79 Å². The number of fused-ring (bicyclic) bond motifs is 1. The van der Waals surface area contributed by atoms with Crippen molar-refractivity contribution in [1.82, 2.24) is 24.4 Å². The molecule has 36 heavy (non-hydrogen) atoms. The highest BCUT2D eigenvalue weighted by Crippen LogP contribution is 2.33. The maximum absolute atomic E-state index is 14.9. The molecular formula is C25H27F2N7O2. The number of nitrogens with zero attached hydrogens (tertiary/aromatic N) is 6. The number of nitrogens with one attached hydrogen (secondary N) is 1. The summed E-state index contributed by atoms with van der Waals surface area (Å²) in [6.07, 6.45) is 4.44. The summed E-state index contributed by atoms with van der Waals surface area (Å²) >= 11 is 0. The molecule has 4 aromatic rings. The lowest BCUT2D eigenvalue weighted by Gasteiger charge is -2.29. The molecule has 1 aliphatic rings. The first kappa shape index (κ1) is 23.9. The Morgan fingerprint density at radius 3 is 2.56 bits per heavy atom. The fraction of sp³-hybridized carbons (Fsp3) is 0.360. The molecule has 1 saturated heterocycles. The third-order valence-corrected chi connectivity index (χ3v) is 6.17. The largest absolute Gasteiger partial charge is 0.378 e. The second-order valence-electron chi connectivity index (χ2n) is 9.77. The van der Waals surface area contributed by atoms with Crippen molar-refractivity contribution in [3.63, 3.8) is 0 Å². The molecule has 0 saturated carbocycles. The van der Waals surface area contributed by atoms with Crippen molar-refractivity contribution >= 4 is 22.9 Å². The molecule has 0 atom stereocenters. The number of anilines is 2. The molecule has 0 spiro atoms. The van der Waals surface area contributed by atoms with Crippen LogP contribution in [0.15, 0.2) is 36.9 Å². The van der Waals surface area contributed by atoms with Gasteiger partial charge in [-0.25, -0.2) is 18.6 Å². The Morgan fingerprint density at radius 1 is 1.11 bits per heavy atom. The first-order valence-corrected chi connectivity index (χ1v) is 11.7. The summed E-state index contributed by atoms with van der Waals surface area (Å²) in [6.45, 7) is 9.75. The second kappa shape index (κ2) is 8.98. The van der Waals surface area contributed by atoms with Gasteiger partial charge in [0.15, 0.2) is 5.65 Å². The van der Waals surface area contributed by atoms with Crippen molar-refractivity contribution in [3.05, 3.63) is 59.8 Å². The van der Waals surface area contributed by atoms with Crippen molar-refractivity contribution in [2.45, 2.75) is 33.2 Å². The van der Waals surface area contributed by atoms with Gasteiger partial charge in [-0.2, -0.15) is 14.6 Å². The number of hydrogen-bond donors (Lipinski definition) is 1. The molecule has 4 heterocycles. The van der Waals surface area contributed by atoms with Crippen LogP contribution in [0.3, 0.4) is 0 Å². The van der Waals surface area contributed by atoms with Gasteiger partial charge in [0.25, 0.3) is 5.91 Å². The van der Waals surface area contributed by atoms with Crippen molar-refractivity contribution in [3.8, 4) is 11.1 Å². The summed E-state index contributed by atoms with van der Waals surface area (Å²) in [5.41, 5.74) is 2.77. The van der Waals surface area contributed by atoms with E-state index in [0.29, 0.717) is 43.1 Å². The SMILES string of the molecule is Cc1cc(F)c(NC(=O)c2cnn(C(C)(C)C)c2F)cc1-c1cc(N2CCOCC2)c2ncnn2c1. The van der Waals surface area contributed by atoms with Crippen molar-refractivity contribution < 1.29 is 18.3 Å². The maximum atomic E-state index is 14.9. The Kier molecular flexibility index (Phi) is 5.95. The number of carbonyl (C=O) groups excluding carboxylic acids is 1. The van der Waals surface area contributed by atoms with E-state index in [1.807, 2.05) is 12.3 Å². The molecule has 188 valence electrons. The highest BCUT2D eigenvalue weighted by Gasteiger charge is 2.25. The smallest absolute Gasteiger partial charge is 0.262 e. The zero-order valence-corrected chi connectivity index (χ0v) is 20.5. The maximum Gasteiger partial charge on any atom is 0.262 e. The third-order valence-electron chi connectivity index (χ3n) is 6.17.